The van der Waals surface area contributed by atoms with Gasteiger partial charge in [0.1, 0.15) is 11.6 Å². The predicted octanol–water partition coefficient (Wildman–Crippen LogP) is 4.67. The van der Waals surface area contributed by atoms with Gasteiger partial charge in [-0.15, -0.1) is 0 Å². The highest BCUT2D eigenvalue weighted by molar-refractivity contribution is 6.11. The predicted molar refractivity (Wildman–Crippen MR) is 153 cm³/mol. The molecule has 1 saturated heterocycles. The molecule has 6 rings (SSSR count). The van der Waals surface area contributed by atoms with Crippen LogP contribution in [-0.2, 0) is 12.8 Å². The van der Waals surface area contributed by atoms with Crippen molar-refractivity contribution in [2.24, 2.45) is 0 Å². The SMILES string of the molecule is CNc1cnc(N2CCC(N3CCc4cc(OC)ccc4NC3=O)CC2)cc1C(=O)N1CCc2c1ccc(F)c2F. The largest absolute Gasteiger partial charge is 0.497 e. The second-order valence-corrected chi connectivity index (χ2v) is 10.5. The fraction of sp³-hybridized carbons (Fsp3) is 0.367. The molecule has 2 N–H and O–H groups in total. The third-order valence-electron chi connectivity index (χ3n) is 8.35. The number of aromatic nitrogens is 1. The van der Waals surface area contributed by atoms with Gasteiger partial charge < -0.3 is 30.1 Å². The van der Waals surface area contributed by atoms with Gasteiger partial charge in [0.2, 0.25) is 0 Å². The number of hydrogen-bond acceptors (Lipinski definition) is 6. The van der Waals surface area contributed by atoms with E-state index in [-0.39, 0.29) is 36.5 Å². The third kappa shape index (κ3) is 4.89. The van der Waals surface area contributed by atoms with Crippen molar-refractivity contribution in [3.63, 3.8) is 0 Å². The van der Waals surface area contributed by atoms with E-state index >= 15 is 0 Å². The molecule has 3 amide bonds. The summed E-state index contributed by atoms with van der Waals surface area (Å²) in [5.74, 6) is -0.674. The van der Waals surface area contributed by atoms with Gasteiger partial charge in [-0.25, -0.2) is 18.6 Å². The van der Waals surface area contributed by atoms with E-state index in [0.29, 0.717) is 42.4 Å². The first-order chi connectivity index (χ1) is 19.9. The number of ether oxygens (including phenoxy) is 1. The molecule has 0 aliphatic carbocycles. The maximum Gasteiger partial charge on any atom is 0.322 e. The number of hydrogen-bond donors (Lipinski definition) is 2. The Morgan fingerprint density at radius 2 is 1.88 bits per heavy atom. The molecule has 1 fully saturated rings. The molecule has 2 aromatic carbocycles. The minimum atomic E-state index is -0.911. The number of carbonyl (C=O) groups is 2. The lowest BCUT2D eigenvalue weighted by molar-refractivity contribution is 0.0990. The van der Waals surface area contributed by atoms with Crippen molar-refractivity contribution in [1.29, 1.82) is 0 Å². The molecule has 0 saturated carbocycles. The smallest absolute Gasteiger partial charge is 0.322 e. The summed E-state index contributed by atoms with van der Waals surface area (Å²) < 4.78 is 33.4. The first kappa shape index (κ1) is 26.8. The summed E-state index contributed by atoms with van der Waals surface area (Å²) in [5, 5.41) is 6.08. The number of benzene rings is 2. The van der Waals surface area contributed by atoms with Crippen LogP contribution in [0, 0.1) is 11.6 Å². The number of amides is 3. The molecule has 9 nitrogen and oxygen atoms in total. The number of rotatable bonds is 5. The lowest BCUT2D eigenvalue weighted by Gasteiger charge is -2.38. The standard InChI is InChI=1S/C30H32F2N6O3/c1-33-25-17-34-27(16-22(25)29(39)38-14-10-21-26(38)6-4-23(31)28(21)32)36-11-8-19(9-12-36)37-13-7-18-15-20(41-2)3-5-24(18)35-30(37)40/h3-6,15-17,19,33H,7-14H2,1-2H3,(H,35,40). The van der Waals surface area contributed by atoms with E-state index < -0.39 is 11.6 Å². The Kier molecular flexibility index (Phi) is 7.10. The van der Waals surface area contributed by atoms with E-state index in [1.165, 1.54) is 11.0 Å². The minimum absolute atomic E-state index is 0.0801. The number of urea groups is 1. The van der Waals surface area contributed by atoms with Crippen LogP contribution >= 0.6 is 0 Å². The maximum atomic E-state index is 14.3. The van der Waals surface area contributed by atoms with E-state index in [2.05, 4.69) is 20.5 Å². The molecule has 0 bridgehead atoms. The third-order valence-corrected chi connectivity index (χ3v) is 8.35. The van der Waals surface area contributed by atoms with Crippen LogP contribution < -0.4 is 25.2 Å². The molecule has 41 heavy (non-hydrogen) atoms. The van der Waals surface area contributed by atoms with Crippen LogP contribution in [0.3, 0.4) is 0 Å². The molecular formula is C30H32F2N6O3. The fourth-order valence-electron chi connectivity index (χ4n) is 6.08. The summed E-state index contributed by atoms with van der Waals surface area (Å²) in [5.41, 5.74) is 3.46. The molecule has 3 aliphatic heterocycles. The van der Waals surface area contributed by atoms with Gasteiger partial charge in [-0.05, 0) is 67.6 Å². The van der Waals surface area contributed by atoms with Crippen molar-refractivity contribution in [3.8, 4) is 5.75 Å². The van der Waals surface area contributed by atoms with Gasteiger partial charge in [0.15, 0.2) is 11.6 Å². The van der Waals surface area contributed by atoms with E-state index in [9.17, 15) is 18.4 Å². The number of nitrogens with zero attached hydrogens (tertiary/aromatic N) is 4. The molecule has 11 heteroatoms. The van der Waals surface area contributed by atoms with Crippen LogP contribution in [0.2, 0.25) is 0 Å². The van der Waals surface area contributed by atoms with Crippen LogP contribution in [-0.4, -0.2) is 68.2 Å². The van der Waals surface area contributed by atoms with Crippen LogP contribution in [0.15, 0.2) is 42.6 Å². The number of anilines is 4. The number of piperidine rings is 1. The molecule has 3 aliphatic rings. The van der Waals surface area contributed by atoms with Gasteiger partial charge in [-0.3, -0.25) is 4.79 Å². The van der Waals surface area contributed by atoms with Crippen LogP contribution in [0.5, 0.6) is 5.75 Å². The monoisotopic (exact) mass is 562 g/mol. The number of fused-ring (bicyclic) bond motifs is 2. The number of methoxy groups -OCH3 is 1. The second kappa shape index (κ2) is 10.9. The number of halogens is 2. The van der Waals surface area contributed by atoms with Gasteiger partial charge >= 0.3 is 6.03 Å². The molecule has 0 spiro atoms. The Bertz CT molecular complexity index is 1510. The summed E-state index contributed by atoms with van der Waals surface area (Å²) in [4.78, 5) is 36.9. The number of nitrogens with one attached hydrogen (secondary N) is 2. The summed E-state index contributed by atoms with van der Waals surface area (Å²) >= 11 is 0. The van der Waals surface area contributed by atoms with Crippen molar-refractivity contribution >= 4 is 34.8 Å². The van der Waals surface area contributed by atoms with Gasteiger partial charge in [0.25, 0.3) is 5.91 Å². The molecule has 0 unspecified atom stereocenters. The average molecular weight is 563 g/mol. The van der Waals surface area contributed by atoms with E-state index in [1.807, 2.05) is 23.1 Å². The minimum Gasteiger partial charge on any atom is -0.497 e. The van der Waals surface area contributed by atoms with Crippen LogP contribution in [0.1, 0.15) is 34.3 Å². The van der Waals surface area contributed by atoms with Gasteiger partial charge in [-0.2, -0.15) is 0 Å². The molecule has 3 aromatic rings. The first-order valence-electron chi connectivity index (χ1n) is 13.8. The quantitative estimate of drug-likeness (QED) is 0.470. The number of pyridine rings is 1. The Labute approximate surface area is 237 Å². The zero-order valence-electron chi connectivity index (χ0n) is 23.0. The number of carbonyl (C=O) groups excluding carboxylic acids is 2. The highest BCUT2D eigenvalue weighted by Gasteiger charge is 2.33. The Balaban J connectivity index is 1.16. The van der Waals surface area contributed by atoms with Crippen molar-refractivity contribution < 1.29 is 23.1 Å². The molecular weight excluding hydrogens is 530 g/mol. The Morgan fingerprint density at radius 3 is 2.63 bits per heavy atom. The zero-order valence-corrected chi connectivity index (χ0v) is 23.0. The van der Waals surface area contributed by atoms with Crippen molar-refractivity contribution in [1.82, 2.24) is 9.88 Å². The lowest BCUT2D eigenvalue weighted by atomic mass is 10.0. The zero-order chi connectivity index (χ0) is 28.7. The summed E-state index contributed by atoms with van der Waals surface area (Å²) in [6.07, 6.45) is 4.14. The normalized spacial score (nSPS) is 17.1. The molecule has 0 atom stereocenters. The topological polar surface area (TPSA) is 90.0 Å². The Morgan fingerprint density at radius 1 is 1.07 bits per heavy atom. The maximum absolute atomic E-state index is 14.3. The highest BCUT2D eigenvalue weighted by Crippen LogP contribution is 2.34. The van der Waals surface area contributed by atoms with Gasteiger partial charge in [-0.1, -0.05) is 0 Å². The van der Waals surface area contributed by atoms with Crippen LogP contribution in [0.25, 0.3) is 0 Å². The van der Waals surface area contributed by atoms with Gasteiger partial charge in [0, 0.05) is 50.5 Å². The molecule has 4 heterocycles. The molecule has 214 valence electrons. The highest BCUT2D eigenvalue weighted by atomic mass is 19.2. The fourth-order valence-corrected chi connectivity index (χ4v) is 6.08. The van der Waals surface area contributed by atoms with E-state index in [4.69, 9.17) is 4.74 Å². The molecule has 1 aromatic heterocycles. The van der Waals surface area contributed by atoms with Crippen molar-refractivity contribution in [3.05, 3.63) is 70.9 Å². The van der Waals surface area contributed by atoms with E-state index in [0.717, 1.165) is 42.3 Å². The summed E-state index contributed by atoms with van der Waals surface area (Å²) in [6, 6.07) is 9.95. The average Bonchev–Trinajstić information content (AvgIpc) is 3.36. The summed E-state index contributed by atoms with van der Waals surface area (Å²) in [6.45, 7) is 2.24. The Hall–Kier alpha value is -4.41. The van der Waals surface area contributed by atoms with Crippen LogP contribution in [0.4, 0.5) is 36.5 Å². The molecule has 0 radical (unpaired) electrons. The van der Waals surface area contributed by atoms with E-state index in [1.54, 1.807) is 26.4 Å². The lowest BCUT2D eigenvalue weighted by Crippen LogP contribution is -2.49. The second-order valence-electron chi connectivity index (χ2n) is 10.5. The first-order valence-corrected chi connectivity index (χ1v) is 13.8. The van der Waals surface area contributed by atoms with Gasteiger partial charge in [0.05, 0.1) is 30.2 Å². The van der Waals surface area contributed by atoms with Crippen molar-refractivity contribution in [2.45, 2.75) is 31.7 Å². The summed E-state index contributed by atoms with van der Waals surface area (Å²) in [7, 11) is 3.35. The van der Waals surface area contributed by atoms with Crippen molar-refractivity contribution in [2.75, 3.05) is 60.8 Å².